The van der Waals surface area contributed by atoms with Crippen molar-refractivity contribution in [3.8, 4) is 0 Å². The van der Waals surface area contributed by atoms with Gasteiger partial charge in [-0.2, -0.15) is 9.19 Å². The summed E-state index contributed by atoms with van der Waals surface area (Å²) in [4.78, 5) is 0. The Morgan fingerprint density at radius 2 is 1.92 bits per heavy atom. The van der Waals surface area contributed by atoms with Gasteiger partial charge in [0.25, 0.3) is 10.0 Å². The Bertz CT molecular complexity index is 407. The highest BCUT2D eigenvalue weighted by molar-refractivity contribution is 9.10. The normalized spacial score (nSPS) is 12.0. The zero-order chi connectivity index (χ0) is 9.52. The van der Waals surface area contributed by atoms with Gasteiger partial charge in [0.2, 0.25) is 0 Å². The van der Waals surface area contributed by atoms with Crippen LogP contribution in [0.5, 0.6) is 0 Å². The molecule has 1 heterocycles. The summed E-state index contributed by atoms with van der Waals surface area (Å²) < 4.78 is 24.0. The number of aromatic nitrogens is 2. The molecule has 4 nitrogen and oxygen atoms in total. The van der Waals surface area contributed by atoms with Crippen LogP contribution in [0.25, 0.3) is 0 Å². The van der Waals surface area contributed by atoms with E-state index in [4.69, 9.17) is 0 Å². The summed E-state index contributed by atoms with van der Waals surface area (Å²) >= 11 is 3.24. The van der Waals surface area contributed by atoms with E-state index in [1.54, 1.807) is 13.8 Å². The van der Waals surface area contributed by atoms with Crippen LogP contribution < -0.4 is 0 Å². The van der Waals surface area contributed by atoms with Crippen molar-refractivity contribution >= 4 is 26.0 Å². The maximum atomic E-state index is 11.1. The van der Waals surface area contributed by atoms with Crippen molar-refractivity contribution in [3.63, 3.8) is 0 Å². The lowest BCUT2D eigenvalue weighted by molar-refractivity contribution is 0.584. The van der Waals surface area contributed by atoms with Crippen LogP contribution in [0.2, 0.25) is 0 Å². The van der Waals surface area contributed by atoms with E-state index in [9.17, 15) is 8.42 Å². The van der Waals surface area contributed by atoms with Gasteiger partial charge in [-0.3, -0.25) is 0 Å². The molecule has 0 aliphatic heterocycles. The Hall–Kier alpha value is -0.360. The van der Waals surface area contributed by atoms with Crippen LogP contribution in [0.1, 0.15) is 11.4 Å². The lowest BCUT2D eigenvalue weighted by atomic mass is 10.4. The Labute approximate surface area is 79.8 Å². The average Bonchev–Trinajstić information content (AvgIpc) is 2.15. The van der Waals surface area contributed by atoms with Crippen LogP contribution in [0.3, 0.4) is 0 Å². The smallest absolute Gasteiger partial charge is 0.205 e. The fourth-order valence-electron chi connectivity index (χ4n) is 0.924. The minimum atomic E-state index is -3.26. The number of hydrogen-bond acceptors (Lipinski definition) is 3. The third-order valence-electron chi connectivity index (χ3n) is 1.48. The van der Waals surface area contributed by atoms with Gasteiger partial charge in [0, 0.05) is 0 Å². The van der Waals surface area contributed by atoms with Gasteiger partial charge < -0.3 is 0 Å². The molecule has 0 aromatic carbocycles. The number of aryl methyl sites for hydroxylation is 1. The standard InChI is InChI=1S/C6H9BrN2O2S/c1-4-6(7)5(2)9(8-4)12(3,10)11/h1-3H3. The topological polar surface area (TPSA) is 52.0 Å². The predicted octanol–water partition coefficient (Wildman–Crippen LogP) is 1.07. The van der Waals surface area contributed by atoms with Gasteiger partial charge in [0.1, 0.15) is 0 Å². The van der Waals surface area contributed by atoms with E-state index in [1.165, 1.54) is 0 Å². The van der Waals surface area contributed by atoms with Gasteiger partial charge >= 0.3 is 0 Å². The lowest BCUT2D eigenvalue weighted by Crippen LogP contribution is -2.13. The fourth-order valence-corrected chi connectivity index (χ4v) is 2.15. The minimum Gasteiger partial charge on any atom is -0.205 e. The van der Waals surface area contributed by atoms with Crippen molar-refractivity contribution in [1.82, 2.24) is 9.19 Å². The monoisotopic (exact) mass is 252 g/mol. The summed E-state index contributed by atoms with van der Waals surface area (Å²) in [5.41, 5.74) is 1.29. The molecule has 1 rings (SSSR count). The van der Waals surface area contributed by atoms with Crippen LogP contribution in [-0.2, 0) is 10.0 Å². The van der Waals surface area contributed by atoms with Crippen LogP contribution in [0.15, 0.2) is 4.47 Å². The summed E-state index contributed by atoms with van der Waals surface area (Å²) in [6.07, 6.45) is 1.12. The molecule has 1 aromatic rings. The molecule has 0 saturated heterocycles. The number of hydrogen-bond donors (Lipinski definition) is 0. The zero-order valence-electron chi connectivity index (χ0n) is 7.00. The quantitative estimate of drug-likeness (QED) is 0.752. The molecule has 1 aromatic heterocycles. The highest BCUT2D eigenvalue weighted by atomic mass is 79.9. The summed E-state index contributed by atoms with van der Waals surface area (Å²) in [7, 11) is -3.26. The molecule has 0 fully saturated rings. The van der Waals surface area contributed by atoms with E-state index in [0.29, 0.717) is 11.4 Å². The molecule has 68 valence electrons. The van der Waals surface area contributed by atoms with Crippen molar-refractivity contribution < 1.29 is 8.42 Å². The van der Waals surface area contributed by atoms with Gasteiger partial charge in [0.15, 0.2) is 0 Å². The minimum absolute atomic E-state index is 0.606. The molecule has 0 aliphatic rings. The largest absolute Gasteiger partial charge is 0.251 e. The third-order valence-corrected chi connectivity index (χ3v) is 3.61. The Morgan fingerprint density at radius 1 is 1.42 bits per heavy atom. The first-order chi connectivity index (χ1) is 5.34. The van der Waals surface area contributed by atoms with Crippen LogP contribution in [-0.4, -0.2) is 23.9 Å². The van der Waals surface area contributed by atoms with E-state index in [-0.39, 0.29) is 0 Å². The first kappa shape index (κ1) is 9.73. The number of nitrogens with zero attached hydrogens (tertiary/aromatic N) is 2. The highest BCUT2D eigenvalue weighted by Gasteiger charge is 2.15. The lowest BCUT2D eigenvalue weighted by Gasteiger charge is -1.98. The van der Waals surface area contributed by atoms with E-state index in [0.717, 1.165) is 14.8 Å². The zero-order valence-corrected chi connectivity index (χ0v) is 9.40. The van der Waals surface area contributed by atoms with Gasteiger partial charge in [-0.25, -0.2) is 8.42 Å². The van der Waals surface area contributed by atoms with E-state index < -0.39 is 10.0 Å². The first-order valence-electron chi connectivity index (χ1n) is 3.26. The van der Waals surface area contributed by atoms with Gasteiger partial charge in [-0.05, 0) is 29.8 Å². The second-order valence-corrected chi connectivity index (χ2v) is 5.20. The van der Waals surface area contributed by atoms with Crippen LogP contribution in [0.4, 0.5) is 0 Å². The second kappa shape index (κ2) is 2.85. The molecule has 0 spiro atoms. The molecule has 0 unspecified atom stereocenters. The highest BCUT2D eigenvalue weighted by Crippen LogP contribution is 2.20. The molecule has 0 amide bonds. The molecular weight excluding hydrogens is 244 g/mol. The van der Waals surface area contributed by atoms with Crippen LogP contribution >= 0.6 is 15.9 Å². The second-order valence-electron chi connectivity index (χ2n) is 2.59. The molecule has 0 aliphatic carbocycles. The Kier molecular flexibility index (Phi) is 2.31. The molecule has 0 N–H and O–H groups in total. The van der Waals surface area contributed by atoms with E-state index in [1.807, 2.05) is 0 Å². The third kappa shape index (κ3) is 1.54. The molecule has 12 heavy (non-hydrogen) atoms. The first-order valence-corrected chi connectivity index (χ1v) is 5.90. The average molecular weight is 253 g/mol. The maximum absolute atomic E-state index is 11.1. The van der Waals surface area contributed by atoms with E-state index >= 15 is 0 Å². The maximum Gasteiger partial charge on any atom is 0.251 e. The van der Waals surface area contributed by atoms with Crippen molar-refractivity contribution in [1.29, 1.82) is 0 Å². The van der Waals surface area contributed by atoms with Crippen LogP contribution in [0, 0.1) is 13.8 Å². The van der Waals surface area contributed by atoms with Crippen molar-refractivity contribution in [3.05, 3.63) is 15.9 Å². The molecule has 0 bridgehead atoms. The fraction of sp³-hybridized carbons (Fsp3) is 0.500. The van der Waals surface area contributed by atoms with E-state index in [2.05, 4.69) is 21.0 Å². The Morgan fingerprint density at radius 3 is 2.08 bits per heavy atom. The van der Waals surface area contributed by atoms with Gasteiger partial charge in [-0.1, -0.05) is 0 Å². The number of rotatable bonds is 1. The van der Waals surface area contributed by atoms with Crippen molar-refractivity contribution in [2.24, 2.45) is 0 Å². The molecular formula is C6H9BrN2O2S. The van der Waals surface area contributed by atoms with Gasteiger partial charge in [0.05, 0.1) is 22.1 Å². The summed E-state index contributed by atoms with van der Waals surface area (Å²) in [6.45, 7) is 3.45. The molecule has 0 atom stereocenters. The summed E-state index contributed by atoms with van der Waals surface area (Å²) in [5, 5.41) is 3.86. The number of halogens is 1. The predicted molar refractivity (Wildman–Crippen MR) is 49.6 cm³/mol. The van der Waals surface area contributed by atoms with Crippen molar-refractivity contribution in [2.75, 3.05) is 6.26 Å². The van der Waals surface area contributed by atoms with Crippen molar-refractivity contribution in [2.45, 2.75) is 13.8 Å². The van der Waals surface area contributed by atoms with Gasteiger partial charge in [-0.15, -0.1) is 0 Å². The summed E-state index contributed by atoms with van der Waals surface area (Å²) in [6, 6.07) is 0. The molecule has 0 saturated carbocycles. The SMILES string of the molecule is Cc1nn(S(C)(=O)=O)c(C)c1Br. The summed E-state index contributed by atoms with van der Waals surface area (Å²) in [5.74, 6) is 0. The molecule has 6 heteroatoms. The Balaban J connectivity index is 3.48. The molecule has 0 radical (unpaired) electrons.